The standard InChI is InChI=1S/C20H23F2N3O/c21-18-7-6-17(14-19(18)22)23-20(26)15-25-12-10-24(11-13-25)9-8-16-4-2-1-3-5-16/h1-7,14H,8-13,15H2,(H,23,26). The number of hydrogen-bond donors (Lipinski definition) is 1. The molecular weight excluding hydrogens is 336 g/mol. The first kappa shape index (κ1) is 18.5. The van der Waals surface area contributed by atoms with Crippen molar-refractivity contribution in [3.63, 3.8) is 0 Å². The zero-order valence-corrected chi connectivity index (χ0v) is 14.6. The summed E-state index contributed by atoms with van der Waals surface area (Å²) < 4.78 is 26.1. The Bertz CT molecular complexity index is 731. The van der Waals surface area contributed by atoms with E-state index in [1.54, 1.807) is 0 Å². The van der Waals surface area contributed by atoms with Crippen molar-refractivity contribution >= 4 is 11.6 Å². The Hall–Kier alpha value is -2.31. The number of nitrogens with one attached hydrogen (secondary N) is 1. The lowest BCUT2D eigenvalue weighted by Gasteiger charge is -2.34. The lowest BCUT2D eigenvalue weighted by atomic mass is 10.1. The predicted octanol–water partition coefficient (Wildman–Crippen LogP) is 2.76. The van der Waals surface area contributed by atoms with Crippen LogP contribution in [0.15, 0.2) is 48.5 Å². The quantitative estimate of drug-likeness (QED) is 0.862. The molecule has 1 N–H and O–H groups in total. The molecule has 3 rings (SSSR count). The second-order valence-electron chi connectivity index (χ2n) is 6.53. The molecule has 4 nitrogen and oxygen atoms in total. The van der Waals surface area contributed by atoms with Gasteiger partial charge >= 0.3 is 0 Å². The lowest BCUT2D eigenvalue weighted by Crippen LogP contribution is -2.49. The molecule has 2 aromatic carbocycles. The van der Waals surface area contributed by atoms with E-state index in [0.717, 1.165) is 51.3 Å². The molecule has 0 spiro atoms. The molecule has 0 bridgehead atoms. The van der Waals surface area contributed by atoms with Crippen LogP contribution in [0.1, 0.15) is 5.56 Å². The molecule has 0 aromatic heterocycles. The molecule has 1 aliphatic rings. The highest BCUT2D eigenvalue weighted by Gasteiger charge is 2.19. The van der Waals surface area contributed by atoms with Crippen LogP contribution >= 0.6 is 0 Å². The number of rotatable bonds is 6. The molecule has 1 aliphatic heterocycles. The van der Waals surface area contributed by atoms with Gasteiger partial charge in [0.05, 0.1) is 6.54 Å². The van der Waals surface area contributed by atoms with E-state index in [1.165, 1.54) is 11.6 Å². The Morgan fingerprint density at radius 2 is 1.62 bits per heavy atom. The number of nitrogens with zero attached hydrogens (tertiary/aromatic N) is 2. The molecule has 1 fully saturated rings. The van der Waals surface area contributed by atoms with Gasteiger partial charge in [-0.3, -0.25) is 9.69 Å². The van der Waals surface area contributed by atoms with E-state index in [4.69, 9.17) is 0 Å². The van der Waals surface area contributed by atoms with Crippen LogP contribution < -0.4 is 5.32 Å². The highest BCUT2D eigenvalue weighted by atomic mass is 19.2. The van der Waals surface area contributed by atoms with Gasteiger partial charge in [-0.05, 0) is 24.1 Å². The summed E-state index contributed by atoms with van der Waals surface area (Å²) in [6.45, 7) is 4.75. The average molecular weight is 359 g/mol. The molecule has 138 valence electrons. The van der Waals surface area contributed by atoms with Crippen LogP contribution in [0.5, 0.6) is 0 Å². The number of benzene rings is 2. The van der Waals surface area contributed by atoms with Gasteiger partial charge < -0.3 is 10.2 Å². The minimum absolute atomic E-state index is 0.214. The fourth-order valence-corrected chi connectivity index (χ4v) is 3.08. The number of carbonyl (C=O) groups excluding carboxylic acids is 1. The zero-order chi connectivity index (χ0) is 18.4. The Kier molecular flexibility index (Phi) is 6.30. The third-order valence-electron chi connectivity index (χ3n) is 4.60. The third-order valence-corrected chi connectivity index (χ3v) is 4.60. The van der Waals surface area contributed by atoms with Crippen LogP contribution in [-0.2, 0) is 11.2 Å². The Morgan fingerprint density at radius 3 is 2.31 bits per heavy atom. The molecule has 0 unspecified atom stereocenters. The van der Waals surface area contributed by atoms with Gasteiger partial charge in [-0.2, -0.15) is 0 Å². The number of hydrogen-bond acceptors (Lipinski definition) is 3. The number of halogens is 2. The molecule has 2 aromatic rings. The zero-order valence-electron chi connectivity index (χ0n) is 14.6. The van der Waals surface area contributed by atoms with E-state index < -0.39 is 11.6 Å². The van der Waals surface area contributed by atoms with Crippen molar-refractivity contribution < 1.29 is 13.6 Å². The second-order valence-corrected chi connectivity index (χ2v) is 6.53. The summed E-state index contributed by atoms with van der Waals surface area (Å²) in [5.41, 5.74) is 1.61. The van der Waals surface area contributed by atoms with Gasteiger partial charge in [0.1, 0.15) is 0 Å². The SMILES string of the molecule is O=C(CN1CCN(CCc2ccccc2)CC1)Nc1ccc(F)c(F)c1. The average Bonchev–Trinajstić information content (AvgIpc) is 2.65. The summed E-state index contributed by atoms with van der Waals surface area (Å²) in [6.07, 6.45) is 1.03. The fraction of sp³-hybridized carbons (Fsp3) is 0.350. The van der Waals surface area contributed by atoms with Crippen molar-refractivity contribution in [2.45, 2.75) is 6.42 Å². The number of amides is 1. The third kappa shape index (κ3) is 5.34. The largest absolute Gasteiger partial charge is 0.325 e. The van der Waals surface area contributed by atoms with Crippen molar-refractivity contribution in [3.05, 3.63) is 65.7 Å². The minimum atomic E-state index is -0.963. The van der Waals surface area contributed by atoms with Crippen LogP contribution in [-0.4, -0.2) is 55.0 Å². The molecule has 1 heterocycles. The summed E-state index contributed by atoms with van der Waals surface area (Å²) in [4.78, 5) is 16.6. The van der Waals surface area contributed by atoms with Gasteiger partial charge in [0.15, 0.2) is 11.6 Å². The molecule has 1 amide bonds. The van der Waals surface area contributed by atoms with E-state index in [0.29, 0.717) is 0 Å². The van der Waals surface area contributed by atoms with Crippen LogP contribution in [0.2, 0.25) is 0 Å². The van der Waals surface area contributed by atoms with Crippen molar-refractivity contribution in [3.8, 4) is 0 Å². The topological polar surface area (TPSA) is 35.6 Å². The number of carbonyl (C=O) groups is 1. The van der Waals surface area contributed by atoms with Crippen molar-refractivity contribution in [2.75, 3.05) is 44.6 Å². The Balaban J connectivity index is 1.39. The fourth-order valence-electron chi connectivity index (χ4n) is 3.08. The van der Waals surface area contributed by atoms with Gasteiger partial charge in [-0.1, -0.05) is 30.3 Å². The maximum absolute atomic E-state index is 13.2. The molecule has 0 saturated carbocycles. The number of piperazine rings is 1. The van der Waals surface area contributed by atoms with Gasteiger partial charge in [0, 0.05) is 44.5 Å². The molecule has 6 heteroatoms. The van der Waals surface area contributed by atoms with Crippen molar-refractivity contribution in [1.29, 1.82) is 0 Å². The summed E-state index contributed by atoms with van der Waals surface area (Å²) >= 11 is 0. The van der Waals surface area contributed by atoms with E-state index in [-0.39, 0.29) is 18.1 Å². The molecule has 0 atom stereocenters. The maximum atomic E-state index is 13.2. The summed E-state index contributed by atoms with van der Waals surface area (Å²) in [5.74, 6) is -2.10. The van der Waals surface area contributed by atoms with Crippen LogP contribution in [0, 0.1) is 11.6 Å². The maximum Gasteiger partial charge on any atom is 0.238 e. The first-order valence-corrected chi connectivity index (χ1v) is 8.84. The normalized spacial score (nSPS) is 15.8. The Labute approximate surface area is 152 Å². The molecular formula is C20H23F2N3O. The van der Waals surface area contributed by atoms with Gasteiger partial charge in [0.2, 0.25) is 5.91 Å². The van der Waals surface area contributed by atoms with Crippen molar-refractivity contribution in [1.82, 2.24) is 9.80 Å². The van der Waals surface area contributed by atoms with Crippen molar-refractivity contribution in [2.24, 2.45) is 0 Å². The van der Waals surface area contributed by atoms with E-state index in [2.05, 4.69) is 39.4 Å². The van der Waals surface area contributed by atoms with E-state index in [9.17, 15) is 13.6 Å². The first-order chi connectivity index (χ1) is 12.6. The Morgan fingerprint density at radius 1 is 0.923 bits per heavy atom. The predicted molar refractivity (Wildman–Crippen MR) is 98.0 cm³/mol. The minimum Gasteiger partial charge on any atom is -0.325 e. The smallest absolute Gasteiger partial charge is 0.238 e. The summed E-state index contributed by atoms with van der Waals surface area (Å²) in [6, 6.07) is 13.8. The number of anilines is 1. The highest BCUT2D eigenvalue weighted by Crippen LogP contribution is 2.13. The van der Waals surface area contributed by atoms with Crippen LogP contribution in [0.25, 0.3) is 0 Å². The van der Waals surface area contributed by atoms with E-state index in [1.807, 2.05) is 6.07 Å². The van der Waals surface area contributed by atoms with Gasteiger partial charge in [-0.25, -0.2) is 8.78 Å². The monoisotopic (exact) mass is 359 g/mol. The van der Waals surface area contributed by atoms with Crippen LogP contribution in [0.3, 0.4) is 0 Å². The second kappa shape index (κ2) is 8.87. The molecule has 0 radical (unpaired) electrons. The van der Waals surface area contributed by atoms with E-state index >= 15 is 0 Å². The van der Waals surface area contributed by atoms with Gasteiger partial charge in [-0.15, -0.1) is 0 Å². The lowest BCUT2D eigenvalue weighted by molar-refractivity contribution is -0.117. The molecule has 1 saturated heterocycles. The molecule has 26 heavy (non-hydrogen) atoms. The summed E-state index contributed by atoms with van der Waals surface area (Å²) in [5, 5.41) is 2.61. The highest BCUT2D eigenvalue weighted by molar-refractivity contribution is 5.92. The molecule has 0 aliphatic carbocycles. The van der Waals surface area contributed by atoms with Crippen LogP contribution in [0.4, 0.5) is 14.5 Å². The first-order valence-electron chi connectivity index (χ1n) is 8.84. The summed E-state index contributed by atoms with van der Waals surface area (Å²) in [7, 11) is 0. The van der Waals surface area contributed by atoms with Gasteiger partial charge in [0.25, 0.3) is 0 Å².